The third kappa shape index (κ3) is 4.33. The molecular formula is C16H18N2O3. The fourth-order valence-electron chi connectivity index (χ4n) is 2.12. The summed E-state index contributed by atoms with van der Waals surface area (Å²) in [7, 11) is 1.32. The number of esters is 1. The van der Waals surface area contributed by atoms with Crippen molar-refractivity contribution in [2.24, 2.45) is 0 Å². The topological polar surface area (TPSA) is 58.6 Å². The number of methoxy groups -OCH3 is 1. The highest BCUT2D eigenvalue weighted by molar-refractivity contribution is 5.87. The molecule has 5 nitrogen and oxygen atoms in total. The van der Waals surface area contributed by atoms with E-state index >= 15 is 0 Å². The van der Waals surface area contributed by atoms with Gasteiger partial charge in [0.2, 0.25) is 5.91 Å². The molecule has 0 aliphatic carbocycles. The van der Waals surface area contributed by atoms with Crippen LogP contribution in [0.1, 0.15) is 12.0 Å². The number of ether oxygens (including phenoxy) is 1. The SMILES string of the molecule is COC(=O)C[C@@H]1NCCN(CC#Cc2ccccc2)C1=O. The van der Waals surface area contributed by atoms with E-state index in [0.717, 1.165) is 5.56 Å². The lowest BCUT2D eigenvalue weighted by Crippen LogP contribution is -2.55. The molecule has 1 aromatic rings. The largest absolute Gasteiger partial charge is 0.469 e. The van der Waals surface area contributed by atoms with Crippen molar-refractivity contribution in [3.63, 3.8) is 0 Å². The molecule has 1 amide bonds. The van der Waals surface area contributed by atoms with Crippen LogP contribution in [0.25, 0.3) is 0 Å². The summed E-state index contributed by atoms with van der Waals surface area (Å²) in [5, 5.41) is 3.03. The first-order valence-corrected chi connectivity index (χ1v) is 6.83. The zero-order valence-electron chi connectivity index (χ0n) is 12.0. The molecule has 1 aromatic carbocycles. The highest BCUT2D eigenvalue weighted by atomic mass is 16.5. The van der Waals surface area contributed by atoms with Crippen LogP contribution in [0.4, 0.5) is 0 Å². The van der Waals surface area contributed by atoms with Gasteiger partial charge < -0.3 is 15.0 Å². The lowest BCUT2D eigenvalue weighted by molar-refractivity contribution is -0.146. The normalized spacial score (nSPS) is 17.9. The van der Waals surface area contributed by atoms with E-state index in [1.54, 1.807) is 4.90 Å². The molecule has 0 saturated carbocycles. The van der Waals surface area contributed by atoms with Crippen molar-refractivity contribution in [1.29, 1.82) is 0 Å². The van der Waals surface area contributed by atoms with Gasteiger partial charge >= 0.3 is 5.97 Å². The molecule has 0 aromatic heterocycles. The predicted octanol–water partition coefficient (Wildman–Crippen LogP) is 0.402. The van der Waals surface area contributed by atoms with E-state index in [-0.39, 0.29) is 12.3 Å². The van der Waals surface area contributed by atoms with E-state index in [0.29, 0.717) is 19.6 Å². The first-order chi connectivity index (χ1) is 10.2. The number of amides is 1. The maximum Gasteiger partial charge on any atom is 0.307 e. The summed E-state index contributed by atoms with van der Waals surface area (Å²) >= 11 is 0. The minimum absolute atomic E-state index is 0.0535. The fourth-order valence-corrected chi connectivity index (χ4v) is 2.12. The van der Waals surface area contributed by atoms with Crippen LogP contribution in [-0.2, 0) is 14.3 Å². The molecule has 5 heteroatoms. The smallest absolute Gasteiger partial charge is 0.307 e. The van der Waals surface area contributed by atoms with Crippen LogP contribution >= 0.6 is 0 Å². The Morgan fingerprint density at radius 1 is 1.43 bits per heavy atom. The molecule has 1 heterocycles. The van der Waals surface area contributed by atoms with Gasteiger partial charge in [0.25, 0.3) is 0 Å². The van der Waals surface area contributed by atoms with Crippen LogP contribution in [-0.4, -0.2) is 49.6 Å². The number of hydrogen-bond donors (Lipinski definition) is 1. The van der Waals surface area contributed by atoms with E-state index in [9.17, 15) is 9.59 Å². The van der Waals surface area contributed by atoms with Crippen LogP contribution in [0.2, 0.25) is 0 Å². The van der Waals surface area contributed by atoms with Crippen molar-refractivity contribution < 1.29 is 14.3 Å². The van der Waals surface area contributed by atoms with E-state index in [1.807, 2.05) is 30.3 Å². The number of rotatable bonds is 3. The summed E-state index contributed by atoms with van der Waals surface area (Å²) in [6, 6.07) is 9.12. The second kappa shape index (κ2) is 7.46. The van der Waals surface area contributed by atoms with Gasteiger partial charge in [-0.05, 0) is 12.1 Å². The molecule has 1 saturated heterocycles. The average Bonchev–Trinajstić information content (AvgIpc) is 2.52. The zero-order valence-corrected chi connectivity index (χ0v) is 12.0. The first kappa shape index (κ1) is 15.1. The molecule has 1 aliphatic heterocycles. The Morgan fingerprint density at radius 2 is 2.19 bits per heavy atom. The summed E-state index contributed by atoms with van der Waals surface area (Å²) in [5.74, 6) is 5.53. The minimum atomic E-state index is -0.510. The zero-order chi connectivity index (χ0) is 15.1. The molecule has 0 unspecified atom stereocenters. The summed E-state index contributed by atoms with van der Waals surface area (Å²) in [5.41, 5.74) is 0.922. The summed E-state index contributed by atoms with van der Waals surface area (Å²) in [6.07, 6.45) is 0.0535. The number of carbonyl (C=O) groups excluding carboxylic acids is 2. The third-order valence-corrected chi connectivity index (χ3v) is 3.26. The molecule has 1 N–H and O–H groups in total. The van der Waals surface area contributed by atoms with Crippen molar-refractivity contribution in [1.82, 2.24) is 10.2 Å². The Bertz CT molecular complexity index is 560. The second-order valence-electron chi connectivity index (χ2n) is 4.71. The Kier molecular flexibility index (Phi) is 5.35. The quantitative estimate of drug-likeness (QED) is 0.645. The molecule has 110 valence electrons. The van der Waals surface area contributed by atoms with Crippen molar-refractivity contribution >= 4 is 11.9 Å². The average molecular weight is 286 g/mol. The van der Waals surface area contributed by atoms with E-state index < -0.39 is 12.0 Å². The maximum atomic E-state index is 12.2. The van der Waals surface area contributed by atoms with Gasteiger partial charge in [0.15, 0.2) is 0 Å². The Labute approximate surface area is 124 Å². The monoisotopic (exact) mass is 286 g/mol. The highest BCUT2D eigenvalue weighted by Crippen LogP contribution is 2.05. The standard InChI is InChI=1S/C16H18N2O3/c1-21-15(19)12-14-16(20)18(11-9-17-14)10-5-8-13-6-3-2-4-7-13/h2-4,6-7,14,17H,9-12H2,1H3/t14-/m0/s1. The van der Waals surface area contributed by atoms with Crippen molar-refractivity contribution in [3.05, 3.63) is 35.9 Å². The minimum Gasteiger partial charge on any atom is -0.469 e. The third-order valence-electron chi connectivity index (χ3n) is 3.26. The highest BCUT2D eigenvalue weighted by Gasteiger charge is 2.29. The van der Waals surface area contributed by atoms with Crippen LogP contribution < -0.4 is 5.32 Å². The Hall–Kier alpha value is -2.32. The van der Waals surface area contributed by atoms with Gasteiger partial charge in [-0.15, -0.1) is 0 Å². The van der Waals surface area contributed by atoms with Crippen molar-refractivity contribution in [3.8, 4) is 11.8 Å². The van der Waals surface area contributed by atoms with Crippen LogP contribution in [0, 0.1) is 11.8 Å². The molecule has 2 rings (SSSR count). The van der Waals surface area contributed by atoms with Gasteiger partial charge in [0, 0.05) is 18.7 Å². The lowest BCUT2D eigenvalue weighted by atomic mass is 10.1. The molecule has 1 atom stereocenters. The van der Waals surface area contributed by atoms with E-state index in [1.165, 1.54) is 7.11 Å². The number of nitrogens with zero attached hydrogens (tertiary/aromatic N) is 1. The van der Waals surface area contributed by atoms with E-state index in [4.69, 9.17) is 0 Å². The second-order valence-corrected chi connectivity index (χ2v) is 4.71. The van der Waals surface area contributed by atoms with Gasteiger partial charge in [-0.3, -0.25) is 9.59 Å². The molecule has 0 bridgehead atoms. The molecule has 1 aliphatic rings. The van der Waals surface area contributed by atoms with Gasteiger partial charge in [0.1, 0.15) is 0 Å². The number of nitrogens with one attached hydrogen (secondary N) is 1. The first-order valence-electron chi connectivity index (χ1n) is 6.83. The lowest BCUT2D eigenvalue weighted by Gasteiger charge is -2.31. The van der Waals surface area contributed by atoms with Gasteiger partial charge in [-0.1, -0.05) is 30.0 Å². The molecule has 0 spiro atoms. The van der Waals surface area contributed by atoms with Crippen LogP contribution in [0.15, 0.2) is 30.3 Å². The van der Waals surface area contributed by atoms with Gasteiger partial charge in [-0.2, -0.15) is 0 Å². The predicted molar refractivity (Wildman–Crippen MR) is 78.3 cm³/mol. The molecule has 21 heavy (non-hydrogen) atoms. The number of benzene rings is 1. The Morgan fingerprint density at radius 3 is 2.90 bits per heavy atom. The maximum absolute atomic E-state index is 12.2. The summed E-state index contributed by atoms with van der Waals surface area (Å²) in [4.78, 5) is 25.1. The molecule has 0 radical (unpaired) electrons. The number of hydrogen-bond acceptors (Lipinski definition) is 4. The van der Waals surface area contributed by atoms with Crippen molar-refractivity contribution in [2.45, 2.75) is 12.5 Å². The van der Waals surface area contributed by atoms with E-state index in [2.05, 4.69) is 21.9 Å². The van der Waals surface area contributed by atoms with Gasteiger partial charge in [0.05, 0.1) is 26.1 Å². The fraction of sp³-hybridized carbons (Fsp3) is 0.375. The molecule has 1 fully saturated rings. The summed E-state index contributed by atoms with van der Waals surface area (Å²) < 4.78 is 4.60. The number of carbonyl (C=O) groups is 2. The molecular weight excluding hydrogens is 268 g/mol. The summed E-state index contributed by atoms with van der Waals surface area (Å²) in [6.45, 7) is 1.62. The Balaban J connectivity index is 1.93. The van der Waals surface area contributed by atoms with Crippen LogP contribution in [0.5, 0.6) is 0 Å². The number of piperazine rings is 1. The van der Waals surface area contributed by atoms with Crippen LogP contribution in [0.3, 0.4) is 0 Å². The van der Waals surface area contributed by atoms with Gasteiger partial charge in [-0.25, -0.2) is 0 Å². The van der Waals surface area contributed by atoms with Crippen molar-refractivity contribution in [2.75, 3.05) is 26.7 Å².